The van der Waals surface area contributed by atoms with E-state index in [2.05, 4.69) is 10.3 Å². The SMILES string of the molecule is CCOC(=O)C=Cc1ccc(NC(=O)c2cc(Cl)ccn2)cc1. The summed E-state index contributed by atoms with van der Waals surface area (Å²) in [6, 6.07) is 10.1. The van der Waals surface area contributed by atoms with Crippen LogP contribution in [-0.4, -0.2) is 23.5 Å². The molecule has 1 N–H and O–H groups in total. The molecule has 5 nitrogen and oxygen atoms in total. The number of hydrogen-bond acceptors (Lipinski definition) is 4. The van der Waals surface area contributed by atoms with Gasteiger partial charge in [0.25, 0.3) is 5.91 Å². The zero-order valence-electron chi connectivity index (χ0n) is 12.5. The number of nitrogens with zero attached hydrogens (tertiary/aromatic N) is 1. The Bertz CT molecular complexity index is 727. The van der Waals surface area contributed by atoms with Crippen molar-refractivity contribution in [3.63, 3.8) is 0 Å². The molecule has 1 aromatic carbocycles. The average molecular weight is 331 g/mol. The van der Waals surface area contributed by atoms with E-state index in [0.717, 1.165) is 5.56 Å². The van der Waals surface area contributed by atoms with Gasteiger partial charge in [0.15, 0.2) is 0 Å². The first-order valence-corrected chi connectivity index (χ1v) is 7.34. The molecule has 0 bridgehead atoms. The van der Waals surface area contributed by atoms with Crippen molar-refractivity contribution in [2.24, 2.45) is 0 Å². The molecule has 2 aromatic rings. The minimum atomic E-state index is -0.392. The van der Waals surface area contributed by atoms with Crippen LogP contribution in [-0.2, 0) is 9.53 Å². The molecule has 1 heterocycles. The highest BCUT2D eigenvalue weighted by Crippen LogP contribution is 2.13. The first kappa shape index (κ1) is 16.7. The van der Waals surface area contributed by atoms with Crippen LogP contribution >= 0.6 is 11.6 Å². The van der Waals surface area contributed by atoms with Gasteiger partial charge < -0.3 is 10.1 Å². The van der Waals surface area contributed by atoms with Gasteiger partial charge in [-0.3, -0.25) is 9.78 Å². The van der Waals surface area contributed by atoms with Gasteiger partial charge in [-0.15, -0.1) is 0 Å². The van der Waals surface area contributed by atoms with Crippen LogP contribution in [0.5, 0.6) is 0 Å². The molecule has 0 fully saturated rings. The molecule has 0 atom stereocenters. The molecule has 23 heavy (non-hydrogen) atoms. The maximum atomic E-state index is 12.0. The predicted molar refractivity (Wildman–Crippen MR) is 89.3 cm³/mol. The Kier molecular flexibility index (Phi) is 5.88. The number of aromatic nitrogens is 1. The molecule has 0 saturated carbocycles. The van der Waals surface area contributed by atoms with Crippen molar-refractivity contribution in [2.45, 2.75) is 6.92 Å². The molecule has 118 valence electrons. The molecule has 1 aromatic heterocycles. The van der Waals surface area contributed by atoms with Crippen LogP contribution < -0.4 is 5.32 Å². The molecular formula is C17H15ClN2O3. The zero-order chi connectivity index (χ0) is 16.7. The van der Waals surface area contributed by atoms with Crippen LogP contribution in [0.15, 0.2) is 48.7 Å². The van der Waals surface area contributed by atoms with E-state index in [1.807, 2.05) is 0 Å². The Hall–Kier alpha value is -2.66. The summed E-state index contributed by atoms with van der Waals surface area (Å²) >= 11 is 5.83. The van der Waals surface area contributed by atoms with Crippen molar-refractivity contribution in [3.8, 4) is 0 Å². The van der Waals surface area contributed by atoms with Crippen LogP contribution in [0.1, 0.15) is 23.0 Å². The third-order valence-electron chi connectivity index (χ3n) is 2.82. The van der Waals surface area contributed by atoms with Crippen LogP contribution in [0.4, 0.5) is 5.69 Å². The number of esters is 1. The fourth-order valence-corrected chi connectivity index (χ4v) is 1.92. The summed E-state index contributed by atoms with van der Waals surface area (Å²) < 4.78 is 4.80. The van der Waals surface area contributed by atoms with Gasteiger partial charge in [-0.05, 0) is 42.8 Å². The summed E-state index contributed by atoms with van der Waals surface area (Å²) in [4.78, 5) is 27.2. The number of halogens is 1. The van der Waals surface area contributed by atoms with Gasteiger partial charge in [0.2, 0.25) is 0 Å². The summed E-state index contributed by atoms with van der Waals surface area (Å²) in [7, 11) is 0. The number of benzene rings is 1. The average Bonchev–Trinajstić information content (AvgIpc) is 2.54. The van der Waals surface area contributed by atoms with Crippen LogP contribution in [0.2, 0.25) is 5.02 Å². The van der Waals surface area contributed by atoms with Crippen molar-refractivity contribution in [1.29, 1.82) is 0 Å². The van der Waals surface area contributed by atoms with E-state index in [9.17, 15) is 9.59 Å². The largest absolute Gasteiger partial charge is 0.463 e. The Morgan fingerprint density at radius 3 is 2.65 bits per heavy atom. The number of carbonyl (C=O) groups excluding carboxylic acids is 2. The van der Waals surface area contributed by atoms with Crippen LogP contribution in [0.3, 0.4) is 0 Å². The molecule has 1 amide bonds. The predicted octanol–water partition coefficient (Wildman–Crippen LogP) is 3.56. The normalized spacial score (nSPS) is 10.5. The second-order valence-electron chi connectivity index (χ2n) is 4.52. The lowest BCUT2D eigenvalue weighted by Crippen LogP contribution is -2.13. The smallest absolute Gasteiger partial charge is 0.330 e. The van der Waals surface area contributed by atoms with Crippen molar-refractivity contribution in [3.05, 3.63) is 65.0 Å². The molecule has 0 aliphatic rings. The van der Waals surface area contributed by atoms with E-state index in [4.69, 9.17) is 16.3 Å². The molecule has 0 spiro atoms. The van der Waals surface area contributed by atoms with Crippen molar-refractivity contribution in [1.82, 2.24) is 4.98 Å². The number of hydrogen-bond donors (Lipinski definition) is 1. The lowest BCUT2D eigenvalue weighted by molar-refractivity contribution is -0.137. The summed E-state index contributed by atoms with van der Waals surface area (Å²) in [6.45, 7) is 2.09. The highest BCUT2D eigenvalue weighted by atomic mass is 35.5. The number of rotatable bonds is 5. The van der Waals surface area contributed by atoms with Gasteiger partial charge >= 0.3 is 5.97 Å². The number of carbonyl (C=O) groups is 2. The molecule has 0 unspecified atom stereocenters. The van der Waals surface area contributed by atoms with Gasteiger partial charge in [0.05, 0.1) is 6.61 Å². The molecular weight excluding hydrogens is 316 g/mol. The third-order valence-corrected chi connectivity index (χ3v) is 3.06. The highest BCUT2D eigenvalue weighted by molar-refractivity contribution is 6.30. The minimum absolute atomic E-state index is 0.240. The van der Waals surface area contributed by atoms with Gasteiger partial charge in [-0.1, -0.05) is 23.7 Å². The van der Waals surface area contributed by atoms with Gasteiger partial charge in [0.1, 0.15) is 5.69 Å². The minimum Gasteiger partial charge on any atom is -0.463 e. The topological polar surface area (TPSA) is 68.3 Å². The Balaban J connectivity index is 2.00. The second kappa shape index (κ2) is 8.10. The van der Waals surface area contributed by atoms with Crippen molar-refractivity contribution in [2.75, 3.05) is 11.9 Å². The molecule has 0 saturated heterocycles. The third kappa shape index (κ3) is 5.23. The Morgan fingerprint density at radius 2 is 2.00 bits per heavy atom. The van der Waals surface area contributed by atoms with E-state index in [1.165, 1.54) is 18.3 Å². The van der Waals surface area contributed by atoms with Gasteiger partial charge in [0, 0.05) is 23.0 Å². The molecule has 0 radical (unpaired) electrons. The van der Waals surface area contributed by atoms with E-state index < -0.39 is 5.97 Å². The summed E-state index contributed by atoms with van der Waals surface area (Å²) in [5.74, 6) is -0.737. The van der Waals surface area contributed by atoms with Crippen LogP contribution in [0, 0.1) is 0 Å². The zero-order valence-corrected chi connectivity index (χ0v) is 13.2. The lowest BCUT2D eigenvalue weighted by Gasteiger charge is -2.05. The maximum Gasteiger partial charge on any atom is 0.330 e. The maximum absolute atomic E-state index is 12.0. The van der Waals surface area contributed by atoms with Crippen molar-refractivity contribution < 1.29 is 14.3 Å². The van der Waals surface area contributed by atoms with E-state index >= 15 is 0 Å². The second-order valence-corrected chi connectivity index (χ2v) is 4.96. The Morgan fingerprint density at radius 1 is 1.26 bits per heavy atom. The first-order chi connectivity index (χ1) is 11.1. The summed E-state index contributed by atoms with van der Waals surface area (Å²) in [5.41, 5.74) is 1.67. The van der Waals surface area contributed by atoms with E-state index in [0.29, 0.717) is 17.3 Å². The van der Waals surface area contributed by atoms with Crippen molar-refractivity contribution >= 4 is 35.2 Å². The van der Waals surface area contributed by atoms with Crippen LogP contribution in [0.25, 0.3) is 6.08 Å². The molecule has 0 aliphatic carbocycles. The van der Waals surface area contributed by atoms with E-state index in [1.54, 1.807) is 43.3 Å². The monoisotopic (exact) mass is 330 g/mol. The molecule has 0 aliphatic heterocycles. The molecule has 6 heteroatoms. The van der Waals surface area contributed by atoms with E-state index in [-0.39, 0.29) is 11.6 Å². The van der Waals surface area contributed by atoms with Gasteiger partial charge in [-0.2, -0.15) is 0 Å². The lowest BCUT2D eigenvalue weighted by atomic mass is 10.2. The first-order valence-electron chi connectivity index (χ1n) is 6.96. The highest BCUT2D eigenvalue weighted by Gasteiger charge is 2.07. The number of pyridine rings is 1. The number of amides is 1. The van der Waals surface area contributed by atoms with Gasteiger partial charge in [-0.25, -0.2) is 4.79 Å². The summed E-state index contributed by atoms with van der Waals surface area (Å²) in [5, 5.41) is 3.17. The quantitative estimate of drug-likeness (QED) is 0.672. The standard InChI is InChI=1S/C17H15ClN2O3/c1-2-23-16(21)8-5-12-3-6-14(7-4-12)20-17(22)15-11-13(18)9-10-19-15/h3-11H,2H2,1H3,(H,20,22). The summed E-state index contributed by atoms with van der Waals surface area (Å²) in [6.07, 6.45) is 4.47. The Labute approximate surface area is 138 Å². The number of ether oxygens (including phenoxy) is 1. The number of nitrogens with one attached hydrogen (secondary N) is 1. The number of anilines is 1. The fraction of sp³-hybridized carbons (Fsp3) is 0.118. The fourth-order valence-electron chi connectivity index (χ4n) is 1.76. The molecule has 2 rings (SSSR count).